The van der Waals surface area contributed by atoms with Gasteiger partial charge < -0.3 is 11.1 Å². The summed E-state index contributed by atoms with van der Waals surface area (Å²) in [5.74, 6) is -0.598. The summed E-state index contributed by atoms with van der Waals surface area (Å²) < 4.78 is 0. The average Bonchev–Trinajstić information content (AvgIpc) is 2.25. The normalized spacial score (nSPS) is 11.0. The second kappa shape index (κ2) is 5.32. The van der Waals surface area contributed by atoms with Crippen molar-refractivity contribution < 1.29 is 9.59 Å². The highest BCUT2D eigenvalue weighted by atomic mass is 35.5. The molecule has 0 aromatic heterocycles. The standard InChI is InChI=1S/C11H11ClN2O2/c1-14-10(11(13)16)5-7-3-2-4-9(12)8(7)6-15/h2-6,14H,1H3,(H2,13,16)/b10-5-. The minimum absolute atomic E-state index is 0.213. The van der Waals surface area contributed by atoms with E-state index in [0.717, 1.165) is 0 Å². The lowest BCUT2D eigenvalue weighted by molar-refractivity contribution is -0.114. The molecular formula is C11H11ClN2O2. The van der Waals surface area contributed by atoms with Crippen LogP contribution >= 0.6 is 11.6 Å². The molecule has 0 saturated carbocycles. The number of carbonyl (C=O) groups is 2. The predicted octanol–water partition coefficient (Wildman–Crippen LogP) is 1.20. The van der Waals surface area contributed by atoms with Crippen molar-refractivity contribution in [3.05, 3.63) is 40.0 Å². The fraction of sp³-hybridized carbons (Fsp3) is 0.0909. The van der Waals surface area contributed by atoms with Crippen molar-refractivity contribution in [3.8, 4) is 0 Å². The molecule has 0 radical (unpaired) electrons. The molecule has 1 rings (SSSR count). The number of amides is 1. The Morgan fingerprint density at radius 2 is 2.19 bits per heavy atom. The van der Waals surface area contributed by atoms with Crippen molar-refractivity contribution in [2.75, 3.05) is 7.05 Å². The Hall–Kier alpha value is -1.81. The lowest BCUT2D eigenvalue weighted by Gasteiger charge is -2.05. The first kappa shape index (κ1) is 12.3. The third-order valence-corrected chi connectivity index (χ3v) is 2.37. The van der Waals surface area contributed by atoms with Crippen molar-refractivity contribution in [2.45, 2.75) is 0 Å². The van der Waals surface area contributed by atoms with Crippen LogP contribution in [-0.4, -0.2) is 19.2 Å². The number of aldehydes is 1. The monoisotopic (exact) mass is 238 g/mol. The summed E-state index contributed by atoms with van der Waals surface area (Å²) in [6, 6.07) is 4.97. The maximum atomic E-state index is 11.0. The van der Waals surface area contributed by atoms with E-state index in [9.17, 15) is 9.59 Å². The highest BCUT2D eigenvalue weighted by Crippen LogP contribution is 2.19. The first-order chi connectivity index (χ1) is 7.60. The second-order valence-corrected chi connectivity index (χ2v) is 3.44. The summed E-state index contributed by atoms with van der Waals surface area (Å²) in [6.45, 7) is 0. The molecule has 0 spiro atoms. The van der Waals surface area contributed by atoms with Gasteiger partial charge in [0.2, 0.25) is 0 Å². The van der Waals surface area contributed by atoms with Gasteiger partial charge in [0.05, 0.1) is 5.02 Å². The first-order valence-electron chi connectivity index (χ1n) is 4.53. The van der Waals surface area contributed by atoms with Gasteiger partial charge in [-0.25, -0.2) is 0 Å². The molecule has 3 N–H and O–H groups in total. The zero-order chi connectivity index (χ0) is 12.1. The SMILES string of the molecule is CN/C(=C\c1cccc(Cl)c1C=O)C(N)=O. The molecule has 0 saturated heterocycles. The highest BCUT2D eigenvalue weighted by molar-refractivity contribution is 6.33. The zero-order valence-corrected chi connectivity index (χ0v) is 9.41. The van der Waals surface area contributed by atoms with Gasteiger partial charge in [0.15, 0.2) is 6.29 Å². The third-order valence-electron chi connectivity index (χ3n) is 2.04. The molecule has 0 fully saturated rings. The first-order valence-corrected chi connectivity index (χ1v) is 4.91. The van der Waals surface area contributed by atoms with Crippen LogP contribution in [0.25, 0.3) is 6.08 Å². The molecule has 1 aromatic carbocycles. The molecule has 0 unspecified atom stereocenters. The van der Waals surface area contributed by atoms with E-state index in [2.05, 4.69) is 5.32 Å². The topological polar surface area (TPSA) is 72.2 Å². The summed E-state index contributed by atoms with van der Waals surface area (Å²) >= 11 is 5.84. The quantitative estimate of drug-likeness (QED) is 0.612. The maximum Gasteiger partial charge on any atom is 0.264 e. The Balaban J connectivity index is 3.28. The van der Waals surface area contributed by atoms with Crippen molar-refractivity contribution in [2.24, 2.45) is 5.73 Å². The molecule has 5 heteroatoms. The van der Waals surface area contributed by atoms with Crippen molar-refractivity contribution in [3.63, 3.8) is 0 Å². The van der Waals surface area contributed by atoms with Crippen LogP contribution in [0.2, 0.25) is 5.02 Å². The molecule has 1 amide bonds. The van der Waals surface area contributed by atoms with E-state index in [0.29, 0.717) is 22.4 Å². The largest absolute Gasteiger partial charge is 0.384 e. The predicted molar refractivity (Wildman–Crippen MR) is 63.1 cm³/mol. The molecule has 0 aliphatic carbocycles. The Labute approximate surface area is 98.1 Å². The van der Waals surface area contributed by atoms with Crippen LogP contribution in [0.15, 0.2) is 23.9 Å². The van der Waals surface area contributed by atoms with E-state index in [1.807, 2.05) is 0 Å². The van der Waals surface area contributed by atoms with Gasteiger partial charge in [-0.1, -0.05) is 23.7 Å². The van der Waals surface area contributed by atoms with Gasteiger partial charge in [-0.05, 0) is 17.7 Å². The number of carbonyl (C=O) groups excluding carboxylic acids is 2. The average molecular weight is 239 g/mol. The lowest BCUT2D eigenvalue weighted by atomic mass is 10.1. The molecule has 0 heterocycles. The van der Waals surface area contributed by atoms with Gasteiger partial charge in [0.25, 0.3) is 5.91 Å². The van der Waals surface area contributed by atoms with E-state index in [1.54, 1.807) is 25.2 Å². The molecular weight excluding hydrogens is 228 g/mol. The fourth-order valence-corrected chi connectivity index (χ4v) is 1.45. The summed E-state index contributed by atoms with van der Waals surface area (Å²) in [5.41, 5.74) is 6.23. The van der Waals surface area contributed by atoms with E-state index in [1.165, 1.54) is 6.08 Å². The Bertz CT molecular complexity index is 455. The smallest absolute Gasteiger partial charge is 0.264 e. The van der Waals surface area contributed by atoms with Crippen LogP contribution in [0, 0.1) is 0 Å². The van der Waals surface area contributed by atoms with Gasteiger partial charge in [0, 0.05) is 12.6 Å². The minimum Gasteiger partial charge on any atom is -0.384 e. The fourth-order valence-electron chi connectivity index (χ4n) is 1.23. The van der Waals surface area contributed by atoms with Crippen LogP contribution in [0.3, 0.4) is 0 Å². The Morgan fingerprint density at radius 1 is 1.50 bits per heavy atom. The van der Waals surface area contributed by atoms with E-state index in [4.69, 9.17) is 17.3 Å². The number of halogens is 1. The number of likely N-dealkylation sites (N-methyl/N-ethyl adjacent to an activating group) is 1. The van der Waals surface area contributed by atoms with Crippen molar-refractivity contribution in [1.29, 1.82) is 0 Å². The van der Waals surface area contributed by atoms with Crippen LogP contribution in [-0.2, 0) is 4.79 Å². The van der Waals surface area contributed by atoms with E-state index < -0.39 is 5.91 Å². The van der Waals surface area contributed by atoms with Crippen LogP contribution in [0.5, 0.6) is 0 Å². The van der Waals surface area contributed by atoms with Gasteiger partial charge in [0.1, 0.15) is 5.70 Å². The maximum absolute atomic E-state index is 11.0. The van der Waals surface area contributed by atoms with Gasteiger partial charge in [-0.3, -0.25) is 9.59 Å². The third kappa shape index (κ3) is 2.61. The molecule has 84 valence electrons. The van der Waals surface area contributed by atoms with Crippen molar-refractivity contribution in [1.82, 2.24) is 5.32 Å². The second-order valence-electron chi connectivity index (χ2n) is 3.03. The van der Waals surface area contributed by atoms with Crippen molar-refractivity contribution >= 4 is 29.9 Å². The number of benzene rings is 1. The molecule has 0 aliphatic rings. The number of nitrogens with one attached hydrogen (secondary N) is 1. The minimum atomic E-state index is -0.598. The van der Waals surface area contributed by atoms with Gasteiger partial charge in [-0.2, -0.15) is 0 Å². The lowest BCUT2D eigenvalue weighted by Crippen LogP contribution is -2.23. The van der Waals surface area contributed by atoms with E-state index >= 15 is 0 Å². The molecule has 1 aromatic rings. The number of hydrogen-bond donors (Lipinski definition) is 2. The number of hydrogen-bond acceptors (Lipinski definition) is 3. The summed E-state index contributed by atoms with van der Waals surface area (Å²) in [5, 5.41) is 2.99. The Morgan fingerprint density at radius 3 is 2.69 bits per heavy atom. The van der Waals surface area contributed by atoms with E-state index in [-0.39, 0.29) is 5.70 Å². The molecule has 0 aliphatic heterocycles. The summed E-state index contributed by atoms with van der Waals surface area (Å²) in [7, 11) is 1.57. The molecule has 0 atom stereocenters. The zero-order valence-electron chi connectivity index (χ0n) is 8.66. The Kier molecular flexibility index (Phi) is 4.08. The summed E-state index contributed by atoms with van der Waals surface area (Å²) in [4.78, 5) is 21.8. The van der Waals surface area contributed by atoms with Crippen LogP contribution in [0.1, 0.15) is 15.9 Å². The van der Waals surface area contributed by atoms with Gasteiger partial charge >= 0.3 is 0 Å². The molecule has 0 bridgehead atoms. The number of primary amides is 1. The highest BCUT2D eigenvalue weighted by Gasteiger charge is 2.07. The molecule has 16 heavy (non-hydrogen) atoms. The van der Waals surface area contributed by atoms with Gasteiger partial charge in [-0.15, -0.1) is 0 Å². The van der Waals surface area contributed by atoms with Crippen LogP contribution < -0.4 is 11.1 Å². The summed E-state index contributed by atoms with van der Waals surface area (Å²) in [6.07, 6.45) is 2.13. The number of nitrogens with two attached hydrogens (primary N) is 1. The molecule has 4 nitrogen and oxygen atoms in total. The van der Waals surface area contributed by atoms with Crippen LogP contribution in [0.4, 0.5) is 0 Å². The number of rotatable bonds is 4.